The molecule has 17 heavy (non-hydrogen) atoms. The quantitative estimate of drug-likeness (QED) is 0.809. The molecular weight excluding hydrogens is 216 g/mol. The number of hydrogen-bond acceptors (Lipinski definition) is 3. The summed E-state index contributed by atoms with van der Waals surface area (Å²) in [6.45, 7) is 5.17. The highest BCUT2D eigenvalue weighted by molar-refractivity contribution is 5.95. The van der Waals surface area contributed by atoms with Gasteiger partial charge in [-0.05, 0) is 24.8 Å². The van der Waals surface area contributed by atoms with Crippen molar-refractivity contribution in [2.75, 3.05) is 11.9 Å². The smallest absolute Gasteiger partial charge is 0.242 e. The van der Waals surface area contributed by atoms with E-state index in [1.807, 2.05) is 7.05 Å². The second kappa shape index (κ2) is 4.49. The summed E-state index contributed by atoms with van der Waals surface area (Å²) in [6.07, 6.45) is 5.66. The molecule has 0 radical (unpaired) electrons. The second-order valence-electron chi connectivity index (χ2n) is 5.37. The van der Waals surface area contributed by atoms with E-state index in [1.54, 1.807) is 17.1 Å². The summed E-state index contributed by atoms with van der Waals surface area (Å²) in [5, 5.41) is 10.2. The normalized spacial score (nSPS) is 23.4. The average Bonchev–Trinajstić information content (AvgIpc) is 2.63. The van der Waals surface area contributed by atoms with Crippen molar-refractivity contribution in [3.05, 3.63) is 12.4 Å². The first kappa shape index (κ1) is 12.1. The number of nitrogens with one attached hydrogen (secondary N) is 2. The Hall–Kier alpha value is -1.36. The van der Waals surface area contributed by atoms with Crippen LogP contribution in [0.5, 0.6) is 0 Å². The van der Waals surface area contributed by atoms with Crippen LogP contribution in [0.4, 0.5) is 5.69 Å². The molecule has 0 aliphatic carbocycles. The molecule has 1 atom stereocenters. The first-order chi connectivity index (χ1) is 7.99. The van der Waals surface area contributed by atoms with Gasteiger partial charge in [-0.2, -0.15) is 5.10 Å². The highest BCUT2D eigenvalue weighted by Gasteiger charge is 2.37. The van der Waals surface area contributed by atoms with Crippen LogP contribution in [0.1, 0.15) is 26.7 Å². The molecule has 2 heterocycles. The van der Waals surface area contributed by atoms with Crippen LogP contribution >= 0.6 is 0 Å². The summed E-state index contributed by atoms with van der Waals surface area (Å²) in [6, 6.07) is -0.128. The Morgan fingerprint density at radius 3 is 3.00 bits per heavy atom. The van der Waals surface area contributed by atoms with Crippen molar-refractivity contribution in [3.63, 3.8) is 0 Å². The minimum atomic E-state index is -0.128. The van der Waals surface area contributed by atoms with Crippen LogP contribution in [-0.2, 0) is 11.8 Å². The number of amides is 1. The van der Waals surface area contributed by atoms with Gasteiger partial charge in [0.2, 0.25) is 5.91 Å². The Labute approximate surface area is 102 Å². The van der Waals surface area contributed by atoms with Gasteiger partial charge in [-0.1, -0.05) is 13.8 Å². The van der Waals surface area contributed by atoms with Crippen molar-refractivity contribution < 1.29 is 4.79 Å². The Morgan fingerprint density at radius 1 is 1.65 bits per heavy atom. The monoisotopic (exact) mass is 236 g/mol. The molecule has 1 aromatic rings. The van der Waals surface area contributed by atoms with Crippen LogP contribution in [0.25, 0.3) is 0 Å². The molecule has 0 spiro atoms. The van der Waals surface area contributed by atoms with E-state index in [4.69, 9.17) is 0 Å². The standard InChI is InChI=1S/C12H20N4O/c1-12(2)5-4-6-13-10(12)11(17)15-9-7-14-16(3)8-9/h7-8,10,13H,4-6H2,1-3H3,(H,15,17). The predicted molar refractivity (Wildman–Crippen MR) is 66.6 cm³/mol. The summed E-state index contributed by atoms with van der Waals surface area (Å²) in [5.41, 5.74) is 0.755. The molecule has 1 saturated heterocycles. The molecule has 0 saturated carbocycles. The van der Waals surface area contributed by atoms with Crippen LogP contribution < -0.4 is 10.6 Å². The summed E-state index contributed by atoms with van der Waals surface area (Å²) in [4.78, 5) is 12.2. The Kier molecular flexibility index (Phi) is 3.19. The number of anilines is 1. The topological polar surface area (TPSA) is 59.0 Å². The van der Waals surface area contributed by atoms with Crippen molar-refractivity contribution in [1.82, 2.24) is 15.1 Å². The second-order valence-corrected chi connectivity index (χ2v) is 5.37. The van der Waals surface area contributed by atoms with Crippen molar-refractivity contribution in [2.45, 2.75) is 32.7 Å². The Morgan fingerprint density at radius 2 is 2.41 bits per heavy atom. The van der Waals surface area contributed by atoms with E-state index in [1.165, 1.54) is 0 Å². The van der Waals surface area contributed by atoms with Gasteiger partial charge >= 0.3 is 0 Å². The highest BCUT2D eigenvalue weighted by atomic mass is 16.2. The van der Waals surface area contributed by atoms with Gasteiger partial charge in [0.1, 0.15) is 0 Å². The number of carbonyl (C=O) groups is 1. The minimum Gasteiger partial charge on any atom is -0.322 e. The van der Waals surface area contributed by atoms with Crippen LogP contribution in [0.15, 0.2) is 12.4 Å². The third-order valence-electron chi connectivity index (χ3n) is 3.36. The number of aromatic nitrogens is 2. The molecule has 0 aromatic carbocycles. The van der Waals surface area contributed by atoms with Crippen LogP contribution in [0, 0.1) is 5.41 Å². The largest absolute Gasteiger partial charge is 0.322 e. The fraction of sp³-hybridized carbons (Fsp3) is 0.667. The van der Waals surface area contributed by atoms with Crippen molar-refractivity contribution in [2.24, 2.45) is 12.5 Å². The van der Waals surface area contributed by atoms with Gasteiger partial charge in [0, 0.05) is 13.2 Å². The highest BCUT2D eigenvalue weighted by Crippen LogP contribution is 2.30. The molecule has 94 valence electrons. The number of hydrogen-bond donors (Lipinski definition) is 2. The molecule has 2 rings (SSSR count). The number of carbonyl (C=O) groups excluding carboxylic acids is 1. The zero-order valence-corrected chi connectivity index (χ0v) is 10.7. The lowest BCUT2D eigenvalue weighted by atomic mass is 9.77. The number of piperidine rings is 1. The van der Waals surface area contributed by atoms with E-state index >= 15 is 0 Å². The van der Waals surface area contributed by atoms with Crippen molar-refractivity contribution >= 4 is 11.6 Å². The molecule has 0 bridgehead atoms. The lowest BCUT2D eigenvalue weighted by Crippen LogP contribution is -2.53. The lowest BCUT2D eigenvalue weighted by Gasteiger charge is -2.38. The van der Waals surface area contributed by atoms with Crippen LogP contribution in [0.3, 0.4) is 0 Å². The summed E-state index contributed by atoms with van der Waals surface area (Å²) >= 11 is 0. The maximum atomic E-state index is 12.2. The number of nitrogens with zero attached hydrogens (tertiary/aromatic N) is 2. The van der Waals surface area contributed by atoms with Gasteiger partial charge < -0.3 is 10.6 Å². The van der Waals surface area contributed by atoms with E-state index in [0.717, 1.165) is 25.1 Å². The molecular formula is C12H20N4O. The SMILES string of the molecule is Cn1cc(NC(=O)C2NCCCC2(C)C)cn1. The molecule has 1 aliphatic rings. The summed E-state index contributed by atoms with van der Waals surface area (Å²) < 4.78 is 1.68. The molecule has 1 aliphatic heterocycles. The van der Waals surface area contributed by atoms with E-state index in [0.29, 0.717) is 0 Å². The zero-order valence-electron chi connectivity index (χ0n) is 10.7. The lowest BCUT2D eigenvalue weighted by molar-refractivity contribution is -0.121. The summed E-state index contributed by atoms with van der Waals surface area (Å²) in [7, 11) is 1.83. The van der Waals surface area contributed by atoms with E-state index < -0.39 is 0 Å². The van der Waals surface area contributed by atoms with E-state index in [2.05, 4.69) is 29.6 Å². The minimum absolute atomic E-state index is 0.00451. The summed E-state index contributed by atoms with van der Waals surface area (Å²) in [5.74, 6) is 0.0303. The molecule has 5 heteroatoms. The van der Waals surface area contributed by atoms with Gasteiger partial charge in [0.25, 0.3) is 0 Å². The van der Waals surface area contributed by atoms with Gasteiger partial charge in [0.05, 0.1) is 17.9 Å². The van der Waals surface area contributed by atoms with Gasteiger partial charge in [-0.3, -0.25) is 9.48 Å². The van der Waals surface area contributed by atoms with Crippen molar-refractivity contribution in [3.8, 4) is 0 Å². The molecule has 1 amide bonds. The number of aryl methyl sites for hydroxylation is 1. The zero-order chi connectivity index (χ0) is 12.5. The number of rotatable bonds is 2. The van der Waals surface area contributed by atoms with Crippen LogP contribution in [-0.4, -0.2) is 28.3 Å². The predicted octanol–water partition coefficient (Wildman–Crippen LogP) is 1.14. The first-order valence-electron chi connectivity index (χ1n) is 6.02. The third kappa shape index (κ3) is 2.66. The van der Waals surface area contributed by atoms with Gasteiger partial charge in [0.15, 0.2) is 0 Å². The first-order valence-corrected chi connectivity index (χ1v) is 6.02. The maximum Gasteiger partial charge on any atom is 0.242 e. The maximum absolute atomic E-state index is 12.2. The third-order valence-corrected chi connectivity index (χ3v) is 3.36. The fourth-order valence-electron chi connectivity index (χ4n) is 2.36. The molecule has 2 N–H and O–H groups in total. The fourth-order valence-corrected chi connectivity index (χ4v) is 2.36. The molecule has 1 fully saturated rings. The van der Waals surface area contributed by atoms with E-state index in [9.17, 15) is 4.79 Å². The van der Waals surface area contributed by atoms with E-state index in [-0.39, 0.29) is 17.4 Å². The van der Waals surface area contributed by atoms with Crippen molar-refractivity contribution in [1.29, 1.82) is 0 Å². The van der Waals surface area contributed by atoms with Gasteiger partial charge in [-0.25, -0.2) is 0 Å². The Balaban J connectivity index is 2.04. The molecule has 1 unspecified atom stereocenters. The van der Waals surface area contributed by atoms with Crippen LogP contribution in [0.2, 0.25) is 0 Å². The van der Waals surface area contributed by atoms with Gasteiger partial charge in [-0.15, -0.1) is 0 Å². The molecule has 5 nitrogen and oxygen atoms in total. The average molecular weight is 236 g/mol. The Bertz CT molecular complexity index is 410. The molecule has 1 aromatic heterocycles.